The average molecular weight is 464 g/mol. The molecule has 0 amide bonds. The Morgan fingerprint density at radius 2 is 1.79 bits per heavy atom. The molecule has 0 N–H and O–H groups in total. The highest BCUT2D eigenvalue weighted by Crippen LogP contribution is 2.36. The number of hydrogen-bond donors (Lipinski definition) is 0. The van der Waals surface area contributed by atoms with Gasteiger partial charge in [-0.2, -0.15) is 4.98 Å². The van der Waals surface area contributed by atoms with E-state index in [0.717, 1.165) is 28.9 Å². The van der Waals surface area contributed by atoms with Crippen LogP contribution in [0.25, 0.3) is 11.2 Å². The maximum Gasteiger partial charge on any atom is 0.332 e. The largest absolute Gasteiger partial charge is 0.332 e. The molecule has 1 unspecified atom stereocenters. The van der Waals surface area contributed by atoms with Crippen LogP contribution in [-0.2, 0) is 20.1 Å². The molecule has 170 valence electrons. The van der Waals surface area contributed by atoms with Crippen LogP contribution in [-0.4, -0.2) is 25.2 Å². The summed E-state index contributed by atoms with van der Waals surface area (Å²) in [5.41, 5.74) is 4.11. The minimum atomic E-state index is -0.373. The summed E-state index contributed by atoms with van der Waals surface area (Å²) in [5, 5.41) is 0.682. The lowest BCUT2D eigenvalue weighted by atomic mass is 10.1. The van der Waals surface area contributed by atoms with Crippen LogP contribution in [0.3, 0.4) is 0 Å². The molecule has 2 aromatic heterocycles. The highest BCUT2D eigenvalue weighted by atomic mass is 35.5. The van der Waals surface area contributed by atoms with Crippen LogP contribution in [0.15, 0.2) is 52.1 Å². The molecule has 0 fully saturated rings. The van der Waals surface area contributed by atoms with Gasteiger partial charge in [-0.3, -0.25) is 13.9 Å². The Morgan fingerprint density at radius 1 is 1.06 bits per heavy atom. The minimum absolute atomic E-state index is 0.217. The quantitative estimate of drug-likeness (QED) is 0.460. The second-order valence-electron chi connectivity index (χ2n) is 9.01. The molecule has 1 atom stereocenters. The third-order valence-corrected chi connectivity index (χ3v) is 6.84. The van der Waals surface area contributed by atoms with E-state index in [1.807, 2.05) is 60.9 Å². The normalized spacial score (nSPS) is 15.8. The zero-order chi connectivity index (χ0) is 23.4. The number of aryl methyl sites for hydroxylation is 2. The maximum atomic E-state index is 13.6. The van der Waals surface area contributed by atoms with Crippen molar-refractivity contribution in [2.45, 2.75) is 33.9 Å². The van der Waals surface area contributed by atoms with Gasteiger partial charge in [-0.15, -0.1) is 0 Å². The van der Waals surface area contributed by atoms with Gasteiger partial charge in [0.15, 0.2) is 11.2 Å². The predicted molar refractivity (Wildman–Crippen MR) is 132 cm³/mol. The highest BCUT2D eigenvalue weighted by Gasteiger charge is 2.30. The third-order valence-electron chi connectivity index (χ3n) is 6.43. The molecule has 5 rings (SSSR count). The molecule has 0 radical (unpaired) electrons. The molecular weight excluding hydrogens is 438 g/mol. The van der Waals surface area contributed by atoms with Crippen LogP contribution in [0, 0.1) is 19.8 Å². The van der Waals surface area contributed by atoms with Crippen molar-refractivity contribution in [3.63, 3.8) is 0 Å². The lowest BCUT2D eigenvalue weighted by molar-refractivity contribution is 0.457. The van der Waals surface area contributed by atoms with Gasteiger partial charge >= 0.3 is 5.69 Å². The van der Waals surface area contributed by atoms with E-state index in [4.69, 9.17) is 16.6 Å². The number of imidazole rings is 1. The van der Waals surface area contributed by atoms with E-state index >= 15 is 0 Å². The molecule has 1 aliphatic heterocycles. The van der Waals surface area contributed by atoms with E-state index in [1.54, 1.807) is 7.05 Å². The zero-order valence-electron chi connectivity index (χ0n) is 19.2. The second-order valence-corrected chi connectivity index (χ2v) is 9.42. The molecule has 0 aliphatic carbocycles. The summed E-state index contributed by atoms with van der Waals surface area (Å²) in [6.07, 6.45) is 0. The van der Waals surface area contributed by atoms with E-state index in [0.29, 0.717) is 28.7 Å². The lowest BCUT2D eigenvalue weighted by Gasteiger charge is -2.34. The van der Waals surface area contributed by atoms with Crippen LogP contribution in [0.1, 0.15) is 23.6 Å². The number of hydrogen-bond acceptors (Lipinski definition) is 4. The van der Waals surface area contributed by atoms with Gasteiger partial charge in [0.25, 0.3) is 5.56 Å². The van der Waals surface area contributed by atoms with Crippen molar-refractivity contribution in [3.05, 3.63) is 85.0 Å². The minimum Gasteiger partial charge on any atom is -0.311 e. The molecule has 0 bridgehead atoms. The van der Waals surface area contributed by atoms with Crippen LogP contribution in [0.4, 0.5) is 11.6 Å². The number of benzene rings is 2. The molecule has 0 spiro atoms. The van der Waals surface area contributed by atoms with Crippen molar-refractivity contribution in [1.29, 1.82) is 0 Å². The number of halogens is 1. The smallest absolute Gasteiger partial charge is 0.311 e. The molecule has 4 aromatic rings. The Kier molecular flexibility index (Phi) is 5.16. The monoisotopic (exact) mass is 463 g/mol. The first kappa shape index (κ1) is 21.5. The molecule has 8 heteroatoms. The van der Waals surface area contributed by atoms with Gasteiger partial charge in [-0.25, -0.2) is 4.79 Å². The molecule has 7 nitrogen and oxygen atoms in total. The number of nitrogens with zero attached hydrogens (tertiary/aromatic N) is 5. The molecule has 2 aromatic carbocycles. The Labute approximate surface area is 196 Å². The first-order valence-electron chi connectivity index (χ1n) is 11.0. The molecular formula is C25H26ClN5O2. The highest BCUT2D eigenvalue weighted by molar-refractivity contribution is 6.31. The van der Waals surface area contributed by atoms with Crippen molar-refractivity contribution in [3.8, 4) is 0 Å². The van der Waals surface area contributed by atoms with E-state index < -0.39 is 0 Å². The molecule has 0 saturated carbocycles. The van der Waals surface area contributed by atoms with Crippen molar-refractivity contribution < 1.29 is 0 Å². The van der Waals surface area contributed by atoms with Gasteiger partial charge in [-0.05, 0) is 43.0 Å². The summed E-state index contributed by atoms with van der Waals surface area (Å²) in [6.45, 7) is 7.75. The number of rotatable bonds is 3. The van der Waals surface area contributed by atoms with Crippen molar-refractivity contribution in [2.75, 3.05) is 11.4 Å². The van der Waals surface area contributed by atoms with Crippen LogP contribution < -0.4 is 16.1 Å². The summed E-state index contributed by atoms with van der Waals surface area (Å²) in [5.74, 6) is 0.934. The van der Waals surface area contributed by atoms with Crippen LogP contribution in [0.2, 0.25) is 5.02 Å². The van der Waals surface area contributed by atoms with E-state index in [1.165, 1.54) is 9.13 Å². The first-order valence-corrected chi connectivity index (χ1v) is 11.4. The van der Waals surface area contributed by atoms with Gasteiger partial charge in [-0.1, -0.05) is 54.4 Å². The van der Waals surface area contributed by atoms with Gasteiger partial charge < -0.3 is 9.47 Å². The van der Waals surface area contributed by atoms with Gasteiger partial charge in [0.1, 0.15) is 0 Å². The fraction of sp³-hybridized carbons (Fsp3) is 0.320. The Bertz CT molecular complexity index is 1500. The SMILES string of the molecule is Cc1ccc(Cn2c(=O)c3c(nc4n3CC(C)CN4c3cccc(Cl)c3C)n(C)c2=O)cc1. The van der Waals surface area contributed by atoms with Crippen molar-refractivity contribution in [2.24, 2.45) is 13.0 Å². The Morgan fingerprint density at radius 3 is 2.52 bits per heavy atom. The summed E-state index contributed by atoms with van der Waals surface area (Å²) in [6, 6.07) is 13.7. The van der Waals surface area contributed by atoms with Crippen molar-refractivity contribution >= 4 is 34.4 Å². The first-order chi connectivity index (χ1) is 15.8. The van der Waals surface area contributed by atoms with E-state index in [-0.39, 0.29) is 23.7 Å². The van der Waals surface area contributed by atoms with Gasteiger partial charge in [0.05, 0.1) is 6.54 Å². The van der Waals surface area contributed by atoms with Crippen LogP contribution >= 0.6 is 11.6 Å². The maximum absolute atomic E-state index is 13.6. The molecule has 0 saturated heterocycles. The second kappa shape index (κ2) is 7.92. The Hall–Kier alpha value is -3.32. The molecule has 1 aliphatic rings. The van der Waals surface area contributed by atoms with Crippen LogP contribution in [0.5, 0.6) is 0 Å². The predicted octanol–water partition coefficient (Wildman–Crippen LogP) is 4.00. The molecule has 3 heterocycles. The fourth-order valence-corrected chi connectivity index (χ4v) is 4.78. The third kappa shape index (κ3) is 3.47. The lowest BCUT2D eigenvalue weighted by Crippen LogP contribution is -2.40. The zero-order valence-corrected chi connectivity index (χ0v) is 19.9. The fourth-order valence-electron chi connectivity index (χ4n) is 4.61. The average Bonchev–Trinajstić information content (AvgIpc) is 3.17. The van der Waals surface area contributed by atoms with Gasteiger partial charge in [0, 0.05) is 30.8 Å². The molecule has 33 heavy (non-hydrogen) atoms. The summed E-state index contributed by atoms with van der Waals surface area (Å²) in [7, 11) is 1.67. The summed E-state index contributed by atoms with van der Waals surface area (Å²) >= 11 is 6.40. The standard InChI is InChI=1S/C25H26ClN5O2/c1-15-8-10-18(11-9-15)14-31-23(32)21-22(28(4)25(31)33)27-24-29(12-16(2)13-30(21)24)20-7-5-6-19(26)17(20)3/h5-11,16H,12-14H2,1-4H3. The number of aromatic nitrogens is 4. The number of fused-ring (bicyclic) bond motifs is 3. The van der Waals surface area contributed by atoms with Gasteiger partial charge in [0.2, 0.25) is 5.95 Å². The van der Waals surface area contributed by atoms with E-state index in [9.17, 15) is 9.59 Å². The topological polar surface area (TPSA) is 65.1 Å². The number of anilines is 2. The van der Waals surface area contributed by atoms with E-state index in [2.05, 4.69) is 11.8 Å². The Balaban J connectivity index is 1.73. The van der Waals surface area contributed by atoms with Crippen molar-refractivity contribution in [1.82, 2.24) is 18.7 Å². The summed E-state index contributed by atoms with van der Waals surface area (Å²) < 4.78 is 4.73. The summed E-state index contributed by atoms with van der Waals surface area (Å²) in [4.78, 5) is 33.7.